The number of carboxylic acids is 1. The number of aliphatic carboxylic acids is 1. The molecule has 0 spiro atoms. The van der Waals surface area contributed by atoms with Crippen molar-refractivity contribution in [2.45, 2.75) is 19.0 Å². The molecule has 0 unspecified atom stereocenters. The molecule has 150 valence electrons. The first-order valence-electron chi connectivity index (χ1n) is 9.38. The number of benzene rings is 2. The van der Waals surface area contributed by atoms with Crippen molar-refractivity contribution in [3.63, 3.8) is 0 Å². The van der Waals surface area contributed by atoms with E-state index in [1.54, 1.807) is 24.3 Å². The van der Waals surface area contributed by atoms with E-state index in [2.05, 4.69) is 4.98 Å². The molecule has 29 heavy (non-hydrogen) atoms. The molecule has 0 saturated carbocycles. The Hall–Kier alpha value is -3.09. The summed E-state index contributed by atoms with van der Waals surface area (Å²) in [6.45, 7) is 1.24. The molecule has 1 aliphatic rings. The summed E-state index contributed by atoms with van der Waals surface area (Å²) >= 11 is 0. The van der Waals surface area contributed by atoms with Crippen LogP contribution in [0.1, 0.15) is 18.4 Å². The van der Waals surface area contributed by atoms with E-state index in [0.29, 0.717) is 37.0 Å². The maximum absolute atomic E-state index is 13.3. The van der Waals surface area contributed by atoms with Gasteiger partial charge in [-0.05, 0) is 54.3 Å². The van der Waals surface area contributed by atoms with Crippen molar-refractivity contribution in [2.24, 2.45) is 5.92 Å². The van der Waals surface area contributed by atoms with Gasteiger partial charge in [-0.1, -0.05) is 24.3 Å². The first-order chi connectivity index (χ1) is 13.8. The van der Waals surface area contributed by atoms with Crippen molar-refractivity contribution in [1.29, 1.82) is 0 Å². The molecule has 0 amide bonds. The topological polar surface area (TPSA) is 53.4 Å². The number of hydrogen-bond acceptors (Lipinski definition) is 3. The van der Waals surface area contributed by atoms with Crippen LogP contribution >= 0.6 is 0 Å². The van der Waals surface area contributed by atoms with Crippen LogP contribution in [0.5, 0.6) is 0 Å². The van der Waals surface area contributed by atoms with Crippen LogP contribution in [0.4, 0.5) is 19.0 Å². The first-order valence-corrected chi connectivity index (χ1v) is 9.38. The molecule has 4 nitrogen and oxygen atoms in total. The van der Waals surface area contributed by atoms with Crippen molar-refractivity contribution in [3.8, 4) is 11.1 Å². The predicted octanol–water partition coefficient (Wildman–Crippen LogP) is 5.22. The fourth-order valence-electron chi connectivity index (χ4n) is 3.80. The highest BCUT2D eigenvalue weighted by Crippen LogP contribution is 2.37. The summed E-state index contributed by atoms with van der Waals surface area (Å²) in [5, 5.41) is 9.87. The number of alkyl halides is 3. The first kappa shape index (κ1) is 19.2. The monoisotopic (exact) mass is 400 g/mol. The number of fused-ring (bicyclic) bond motifs is 1. The molecule has 0 atom stereocenters. The summed E-state index contributed by atoms with van der Waals surface area (Å²) in [6, 6.07) is 14.3. The zero-order valence-corrected chi connectivity index (χ0v) is 15.5. The van der Waals surface area contributed by atoms with Gasteiger partial charge in [-0.3, -0.25) is 4.79 Å². The van der Waals surface area contributed by atoms with E-state index in [9.17, 15) is 18.0 Å². The average molecular weight is 400 g/mol. The second kappa shape index (κ2) is 7.39. The number of rotatable bonds is 3. The van der Waals surface area contributed by atoms with Gasteiger partial charge < -0.3 is 10.0 Å². The molecule has 0 radical (unpaired) electrons. The van der Waals surface area contributed by atoms with Gasteiger partial charge in [-0.25, -0.2) is 4.98 Å². The van der Waals surface area contributed by atoms with Crippen LogP contribution in [0.25, 0.3) is 22.0 Å². The minimum Gasteiger partial charge on any atom is -0.481 e. The Morgan fingerprint density at radius 3 is 2.45 bits per heavy atom. The third kappa shape index (κ3) is 3.90. The molecule has 1 saturated heterocycles. The van der Waals surface area contributed by atoms with Crippen LogP contribution in [0.2, 0.25) is 0 Å². The second-order valence-corrected chi connectivity index (χ2v) is 7.22. The average Bonchev–Trinajstić information content (AvgIpc) is 2.72. The molecule has 1 fully saturated rings. The summed E-state index contributed by atoms with van der Waals surface area (Å²) < 4.78 is 40.0. The Bertz CT molecular complexity index is 1060. The number of piperidine rings is 1. The third-order valence-electron chi connectivity index (χ3n) is 5.39. The SMILES string of the molecule is O=C(O)C1CCN(c2ccc3cc(-c4ccccc4C(F)(F)F)ccc3n2)CC1. The van der Waals surface area contributed by atoms with Gasteiger partial charge in [0.05, 0.1) is 17.0 Å². The van der Waals surface area contributed by atoms with Gasteiger partial charge in [0.15, 0.2) is 0 Å². The standard InChI is InChI=1S/C22H19F3N2O2/c23-22(24,25)18-4-2-1-3-17(18)15-5-7-19-16(13-15)6-8-20(26-19)27-11-9-14(10-12-27)21(28)29/h1-8,13-14H,9-12H2,(H,28,29). The number of aromatic nitrogens is 1. The number of carboxylic acid groups (broad SMARTS) is 1. The number of halogens is 3. The normalized spacial score (nSPS) is 15.6. The van der Waals surface area contributed by atoms with Crippen LogP contribution < -0.4 is 4.90 Å². The molecular formula is C22H19F3N2O2. The van der Waals surface area contributed by atoms with Gasteiger partial charge in [0, 0.05) is 18.5 Å². The largest absolute Gasteiger partial charge is 0.481 e. The summed E-state index contributed by atoms with van der Waals surface area (Å²) in [7, 11) is 0. The van der Waals surface area contributed by atoms with Crippen molar-refractivity contribution >= 4 is 22.7 Å². The smallest absolute Gasteiger partial charge is 0.417 e. The predicted molar refractivity (Wildman–Crippen MR) is 105 cm³/mol. The van der Waals surface area contributed by atoms with Crippen molar-refractivity contribution < 1.29 is 23.1 Å². The molecule has 7 heteroatoms. The number of hydrogen-bond donors (Lipinski definition) is 1. The van der Waals surface area contributed by atoms with Crippen molar-refractivity contribution in [3.05, 3.63) is 60.2 Å². The zero-order valence-electron chi connectivity index (χ0n) is 15.5. The molecule has 0 aliphatic carbocycles. The minimum atomic E-state index is -4.42. The lowest BCUT2D eigenvalue weighted by Gasteiger charge is -2.31. The summed E-state index contributed by atoms with van der Waals surface area (Å²) in [5.41, 5.74) is 0.658. The summed E-state index contributed by atoms with van der Waals surface area (Å²) in [6.07, 6.45) is -3.28. The molecule has 2 heterocycles. The molecule has 0 bridgehead atoms. The van der Waals surface area contributed by atoms with Crippen LogP contribution in [-0.2, 0) is 11.0 Å². The molecule has 2 aromatic carbocycles. The van der Waals surface area contributed by atoms with E-state index in [0.717, 1.165) is 17.3 Å². The van der Waals surface area contributed by atoms with Crippen molar-refractivity contribution in [1.82, 2.24) is 4.98 Å². The van der Waals surface area contributed by atoms with E-state index >= 15 is 0 Å². The Kier molecular flexibility index (Phi) is 4.90. The van der Waals surface area contributed by atoms with Gasteiger partial charge >= 0.3 is 12.1 Å². The quantitative estimate of drug-likeness (QED) is 0.655. The molecular weight excluding hydrogens is 381 g/mol. The number of pyridine rings is 1. The Morgan fingerprint density at radius 2 is 1.76 bits per heavy atom. The zero-order chi connectivity index (χ0) is 20.6. The number of carbonyl (C=O) groups is 1. The Labute approximate surface area is 165 Å². The third-order valence-corrected chi connectivity index (χ3v) is 5.39. The molecule has 1 aromatic heterocycles. The van der Waals surface area contributed by atoms with E-state index < -0.39 is 17.7 Å². The Balaban J connectivity index is 1.63. The number of anilines is 1. The highest BCUT2D eigenvalue weighted by atomic mass is 19.4. The maximum Gasteiger partial charge on any atom is 0.417 e. The number of nitrogens with zero attached hydrogens (tertiary/aromatic N) is 2. The lowest BCUT2D eigenvalue weighted by molar-refractivity contribution is -0.142. The van der Waals surface area contributed by atoms with E-state index in [-0.39, 0.29) is 11.5 Å². The fourth-order valence-corrected chi connectivity index (χ4v) is 3.80. The molecule has 4 rings (SSSR count). The molecule has 3 aromatic rings. The van der Waals surface area contributed by atoms with Gasteiger partial charge in [0.1, 0.15) is 5.82 Å². The highest BCUT2D eigenvalue weighted by molar-refractivity contribution is 5.86. The fraction of sp³-hybridized carbons (Fsp3) is 0.273. The molecule has 1 N–H and O–H groups in total. The second-order valence-electron chi connectivity index (χ2n) is 7.22. The van der Waals surface area contributed by atoms with Gasteiger partial charge in [0.25, 0.3) is 0 Å². The van der Waals surface area contributed by atoms with Gasteiger partial charge in [-0.15, -0.1) is 0 Å². The van der Waals surface area contributed by atoms with Gasteiger partial charge in [-0.2, -0.15) is 13.2 Å². The highest BCUT2D eigenvalue weighted by Gasteiger charge is 2.33. The molecule has 1 aliphatic heterocycles. The van der Waals surface area contributed by atoms with E-state index in [1.165, 1.54) is 12.1 Å². The summed E-state index contributed by atoms with van der Waals surface area (Å²) in [5.74, 6) is -0.324. The summed E-state index contributed by atoms with van der Waals surface area (Å²) in [4.78, 5) is 17.8. The van der Waals surface area contributed by atoms with E-state index in [1.807, 2.05) is 17.0 Å². The maximum atomic E-state index is 13.3. The van der Waals surface area contributed by atoms with Crippen LogP contribution in [-0.4, -0.2) is 29.1 Å². The van der Waals surface area contributed by atoms with Gasteiger partial charge in [0.2, 0.25) is 0 Å². The lowest BCUT2D eigenvalue weighted by atomic mass is 9.97. The lowest BCUT2D eigenvalue weighted by Crippen LogP contribution is -2.36. The Morgan fingerprint density at radius 1 is 1.03 bits per heavy atom. The minimum absolute atomic E-state index is 0.140. The van der Waals surface area contributed by atoms with Crippen LogP contribution in [0.15, 0.2) is 54.6 Å². The van der Waals surface area contributed by atoms with E-state index in [4.69, 9.17) is 5.11 Å². The van der Waals surface area contributed by atoms with Crippen molar-refractivity contribution in [2.75, 3.05) is 18.0 Å². The van der Waals surface area contributed by atoms with Crippen LogP contribution in [0.3, 0.4) is 0 Å². The van der Waals surface area contributed by atoms with Crippen LogP contribution in [0, 0.1) is 5.92 Å².